The van der Waals surface area contributed by atoms with Crippen LogP contribution in [0.3, 0.4) is 0 Å². The van der Waals surface area contributed by atoms with E-state index in [1.54, 1.807) is 55.0 Å². The van der Waals surface area contributed by atoms with E-state index in [1.165, 1.54) is 6.92 Å². The maximum atomic E-state index is 13.5. The van der Waals surface area contributed by atoms with Gasteiger partial charge in [-0.3, -0.25) is 9.78 Å². The fourth-order valence-corrected chi connectivity index (χ4v) is 4.33. The Morgan fingerprint density at radius 1 is 0.865 bits per heavy atom. The molecule has 0 bridgehead atoms. The summed E-state index contributed by atoms with van der Waals surface area (Å²) in [5.41, 5.74) is -0.721. The highest BCUT2D eigenvalue weighted by molar-refractivity contribution is 7.99. The van der Waals surface area contributed by atoms with Gasteiger partial charge >= 0.3 is 12.2 Å². The molecule has 0 radical (unpaired) electrons. The van der Waals surface area contributed by atoms with E-state index in [-0.39, 0.29) is 16.3 Å². The standard InChI is InChI=1S/C26H21F3N4O3S/c1-15(34)31-21-13-16(26(27,28)29)14-22(24(21)37-2)33-25(35)32-20-7-8-23(19-6-4-3-5-18(19)20)36-17-9-11-30-12-10-17/h3-14H,1-2H3,(H,31,34)(H2,32,33,35). The van der Waals surface area contributed by atoms with E-state index in [4.69, 9.17) is 4.74 Å². The number of urea groups is 1. The molecule has 0 aliphatic heterocycles. The molecule has 190 valence electrons. The second-order valence-corrected chi connectivity index (χ2v) is 8.62. The van der Waals surface area contributed by atoms with Gasteiger partial charge in [0.2, 0.25) is 5.91 Å². The van der Waals surface area contributed by atoms with Crippen molar-refractivity contribution in [3.63, 3.8) is 0 Å². The third kappa shape index (κ3) is 6.12. The number of carbonyl (C=O) groups excluding carboxylic acids is 2. The molecular weight excluding hydrogens is 505 g/mol. The molecule has 3 N–H and O–H groups in total. The van der Waals surface area contributed by atoms with Crippen molar-refractivity contribution in [3.8, 4) is 11.5 Å². The van der Waals surface area contributed by atoms with Gasteiger partial charge in [0.15, 0.2) is 0 Å². The van der Waals surface area contributed by atoms with E-state index in [9.17, 15) is 22.8 Å². The van der Waals surface area contributed by atoms with E-state index in [0.29, 0.717) is 28.0 Å². The summed E-state index contributed by atoms with van der Waals surface area (Å²) in [6.07, 6.45) is 0.154. The van der Waals surface area contributed by atoms with Crippen LogP contribution in [-0.4, -0.2) is 23.2 Å². The average molecular weight is 527 g/mol. The molecule has 0 saturated heterocycles. The second-order valence-electron chi connectivity index (χ2n) is 7.80. The molecule has 37 heavy (non-hydrogen) atoms. The first-order chi connectivity index (χ1) is 17.7. The SMILES string of the molecule is CSc1c(NC(C)=O)cc(C(F)(F)F)cc1NC(=O)Nc1ccc(Oc2ccncc2)c2ccccc12. The lowest BCUT2D eigenvalue weighted by atomic mass is 10.1. The largest absolute Gasteiger partial charge is 0.457 e. The van der Waals surface area contributed by atoms with Crippen LogP contribution in [-0.2, 0) is 11.0 Å². The molecule has 1 aromatic heterocycles. The first-order valence-electron chi connectivity index (χ1n) is 10.9. The molecule has 0 aliphatic rings. The number of anilines is 3. The van der Waals surface area contributed by atoms with Crippen LogP contribution in [0.2, 0.25) is 0 Å². The Balaban J connectivity index is 1.65. The van der Waals surface area contributed by atoms with Crippen LogP contribution in [0.25, 0.3) is 10.8 Å². The number of nitrogens with zero attached hydrogens (tertiary/aromatic N) is 1. The molecular formula is C26H21F3N4O3S. The van der Waals surface area contributed by atoms with Crippen LogP contribution in [0.5, 0.6) is 11.5 Å². The van der Waals surface area contributed by atoms with Crippen LogP contribution >= 0.6 is 11.8 Å². The van der Waals surface area contributed by atoms with E-state index in [2.05, 4.69) is 20.9 Å². The summed E-state index contributed by atoms with van der Waals surface area (Å²) in [5.74, 6) is 0.601. The molecule has 0 saturated carbocycles. The highest BCUT2D eigenvalue weighted by Gasteiger charge is 2.32. The van der Waals surface area contributed by atoms with Crippen molar-refractivity contribution in [1.29, 1.82) is 0 Å². The zero-order valence-electron chi connectivity index (χ0n) is 19.6. The number of benzene rings is 3. The fourth-order valence-electron chi connectivity index (χ4n) is 3.67. The second kappa shape index (κ2) is 10.8. The van der Waals surface area contributed by atoms with Crippen molar-refractivity contribution >= 4 is 51.5 Å². The number of nitrogens with one attached hydrogen (secondary N) is 3. The molecule has 0 spiro atoms. The number of hydrogen-bond acceptors (Lipinski definition) is 5. The molecule has 4 aromatic rings. The number of thioether (sulfide) groups is 1. The van der Waals surface area contributed by atoms with Gasteiger partial charge in [-0.25, -0.2) is 4.79 Å². The monoisotopic (exact) mass is 526 g/mol. The van der Waals surface area contributed by atoms with Crippen LogP contribution in [0.1, 0.15) is 12.5 Å². The van der Waals surface area contributed by atoms with Crippen molar-refractivity contribution in [2.24, 2.45) is 0 Å². The van der Waals surface area contributed by atoms with Crippen LogP contribution in [0.15, 0.2) is 78.0 Å². The minimum atomic E-state index is -4.68. The molecule has 0 unspecified atom stereocenters. The molecule has 4 rings (SSSR count). The maximum Gasteiger partial charge on any atom is 0.416 e. The summed E-state index contributed by atoms with van der Waals surface area (Å²) in [4.78, 5) is 28.7. The molecule has 0 aliphatic carbocycles. The topological polar surface area (TPSA) is 92.4 Å². The molecule has 0 fully saturated rings. The number of alkyl halides is 3. The summed E-state index contributed by atoms with van der Waals surface area (Å²) in [6.45, 7) is 1.19. The van der Waals surface area contributed by atoms with E-state index >= 15 is 0 Å². The van der Waals surface area contributed by atoms with Crippen LogP contribution in [0.4, 0.5) is 35.0 Å². The van der Waals surface area contributed by atoms with Crippen molar-refractivity contribution < 1.29 is 27.5 Å². The Kier molecular flexibility index (Phi) is 7.53. The number of amides is 3. The highest BCUT2D eigenvalue weighted by Crippen LogP contribution is 2.40. The minimum Gasteiger partial charge on any atom is -0.457 e. The lowest BCUT2D eigenvalue weighted by Gasteiger charge is -2.18. The van der Waals surface area contributed by atoms with Crippen LogP contribution < -0.4 is 20.7 Å². The van der Waals surface area contributed by atoms with Gasteiger partial charge in [-0.2, -0.15) is 13.2 Å². The number of halogens is 3. The Bertz CT molecular complexity index is 1460. The van der Waals surface area contributed by atoms with Gasteiger partial charge < -0.3 is 20.7 Å². The highest BCUT2D eigenvalue weighted by atomic mass is 32.2. The summed E-state index contributed by atoms with van der Waals surface area (Å²) in [7, 11) is 0. The van der Waals surface area contributed by atoms with Gasteiger partial charge in [0.25, 0.3) is 0 Å². The molecule has 7 nitrogen and oxygen atoms in total. The van der Waals surface area contributed by atoms with Gasteiger partial charge in [0, 0.05) is 30.1 Å². The lowest BCUT2D eigenvalue weighted by Crippen LogP contribution is -2.21. The Morgan fingerprint density at radius 2 is 1.49 bits per heavy atom. The summed E-state index contributed by atoms with van der Waals surface area (Å²) < 4.78 is 46.5. The number of fused-ring (bicyclic) bond motifs is 1. The zero-order chi connectivity index (χ0) is 26.6. The van der Waals surface area contributed by atoms with Crippen molar-refractivity contribution in [3.05, 3.63) is 78.6 Å². The average Bonchev–Trinajstić information content (AvgIpc) is 2.85. The maximum absolute atomic E-state index is 13.5. The Morgan fingerprint density at radius 3 is 2.11 bits per heavy atom. The van der Waals surface area contributed by atoms with Gasteiger partial charge in [-0.05, 0) is 42.7 Å². The predicted octanol–water partition coefficient (Wildman–Crippen LogP) is 7.37. The number of aromatic nitrogens is 1. The van der Waals surface area contributed by atoms with Gasteiger partial charge in [0.1, 0.15) is 11.5 Å². The smallest absolute Gasteiger partial charge is 0.416 e. The first kappa shape index (κ1) is 25.8. The predicted molar refractivity (Wildman–Crippen MR) is 138 cm³/mol. The van der Waals surface area contributed by atoms with Crippen molar-refractivity contribution in [2.75, 3.05) is 22.2 Å². The number of rotatable bonds is 6. The van der Waals surface area contributed by atoms with Crippen molar-refractivity contribution in [1.82, 2.24) is 4.98 Å². The fraction of sp³-hybridized carbons (Fsp3) is 0.115. The molecule has 11 heteroatoms. The van der Waals surface area contributed by atoms with Gasteiger partial charge in [0.05, 0.1) is 27.5 Å². The molecule has 1 heterocycles. The lowest BCUT2D eigenvalue weighted by molar-refractivity contribution is -0.137. The zero-order valence-corrected chi connectivity index (χ0v) is 20.5. The third-order valence-corrected chi connectivity index (χ3v) is 6.04. The Hall–Kier alpha value is -4.25. The number of pyridine rings is 1. The third-order valence-electron chi connectivity index (χ3n) is 5.19. The number of ether oxygens (including phenoxy) is 1. The summed E-state index contributed by atoms with van der Waals surface area (Å²) >= 11 is 1.09. The molecule has 3 aromatic carbocycles. The van der Waals surface area contributed by atoms with Crippen molar-refractivity contribution in [2.45, 2.75) is 18.0 Å². The normalized spacial score (nSPS) is 11.2. The molecule has 3 amide bonds. The van der Waals surface area contributed by atoms with E-state index in [0.717, 1.165) is 23.9 Å². The number of hydrogen-bond donors (Lipinski definition) is 3. The minimum absolute atomic E-state index is 0.0480. The van der Waals surface area contributed by atoms with Crippen LogP contribution in [0, 0.1) is 0 Å². The molecule has 0 atom stereocenters. The Labute approximate surface area is 214 Å². The quantitative estimate of drug-likeness (QED) is 0.228. The van der Waals surface area contributed by atoms with Gasteiger partial charge in [-0.1, -0.05) is 24.3 Å². The summed E-state index contributed by atoms with van der Waals surface area (Å²) in [6, 6.07) is 14.9. The number of carbonyl (C=O) groups is 2. The van der Waals surface area contributed by atoms with E-state index < -0.39 is 23.7 Å². The van der Waals surface area contributed by atoms with Gasteiger partial charge in [-0.15, -0.1) is 11.8 Å². The van der Waals surface area contributed by atoms with E-state index in [1.807, 2.05) is 12.1 Å². The first-order valence-corrected chi connectivity index (χ1v) is 12.1. The summed E-state index contributed by atoms with van der Waals surface area (Å²) in [5, 5.41) is 8.98.